The van der Waals surface area contributed by atoms with Crippen LogP contribution in [-0.4, -0.2) is 76.6 Å². The summed E-state index contributed by atoms with van der Waals surface area (Å²) in [5, 5.41) is 15.8. The Hall–Kier alpha value is -3.99. The van der Waals surface area contributed by atoms with Gasteiger partial charge in [-0.05, 0) is 68.2 Å². The summed E-state index contributed by atoms with van der Waals surface area (Å²) in [4.78, 5) is 55.7. The minimum absolute atomic E-state index is 0.100. The van der Waals surface area contributed by atoms with Crippen molar-refractivity contribution in [1.82, 2.24) is 20.5 Å². The van der Waals surface area contributed by atoms with E-state index < -0.39 is 30.1 Å². The number of hydrogen-bond donors (Lipinski definition) is 3. The number of likely N-dealkylation sites (tertiary alicyclic amines) is 1. The topological polar surface area (TPSA) is 147 Å². The summed E-state index contributed by atoms with van der Waals surface area (Å²) in [6.07, 6.45) is 4.08. The Morgan fingerprint density at radius 3 is 2.53 bits per heavy atom. The van der Waals surface area contributed by atoms with Crippen LogP contribution in [0, 0.1) is 5.92 Å². The van der Waals surface area contributed by atoms with Gasteiger partial charge in [0, 0.05) is 19.1 Å². The summed E-state index contributed by atoms with van der Waals surface area (Å²) >= 11 is 0. The molecule has 1 aromatic carbocycles. The summed E-state index contributed by atoms with van der Waals surface area (Å²) in [6, 6.07) is 10.7. The molecule has 11 nitrogen and oxygen atoms in total. The Bertz CT molecular complexity index is 1310. The van der Waals surface area contributed by atoms with Crippen molar-refractivity contribution in [3.05, 3.63) is 59.4 Å². The summed E-state index contributed by atoms with van der Waals surface area (Å²) in [6.45, 7) is 4.63. The van der Waals surface area contributed by atoms with Crippen molar-refractivity contribution in [2.45, 2.75) is 82.6 Å². The largest absolute Gasteiger partial charge is 0.482 e. The molecule has 0 bridgehead atoms. The van der Waals surface area contributed by atoms with Crippen molar-refractivity contribution in [1.29, 1.82) is 0 Å². The Morgan fingerprint density at radius 1 is 1.14 bits per heavy atom. The number of carbonyl (C=O) groups excluding carboxylic acids is 4. The maximum Gasteiger partial charge on any atom is 0.306 e. The highest BCUT2D eigenvalue weighted by molar-refractivity contribution is 5.92. The number of hydrogen-bond acceptors (Lipinski definition) is 8. The van der Waals surface area contributed by atoms with Crippen LogP contribution in [0.15, 0.2) is 42.6 Å². The minimum atomic E-state index is -1.10. The summed E-state index contributed by atoms with van der Waals surface area (Å²) in [5.74, 6) is -0.709. The van der Waals surface area contributed by atoms with Crippen molar-refractivity contribution < 1.29 is 33.8 Å². The van der Waals surface area contributed by atoms with Gasteiger partial charge in [0.05, 0.1) is 24.6 Å². The third-order valence-corrected chi connectivity index (χ3v) is 8.34. The molecule has 2 saturated heterocycles. The highest BCUT2D eigenvalue weighted by atomic mass is 16.5. The normalized spacial score (nSPS) is 22.2. The zero-order valence-electron chi connectivity index (χ0n) is 24.7. The van der Waals surface area contributed by atoms with Gasteiger partial charge in [0.2, 0.25) is 11.8 Å². The smallest absolute Gasteiger partial charge is 0.306 e. The number of nitrogens with one attached hydrogen (secondary N) is 2. The standard InChI is InChI=1S/C32H40N4O7/c1-3-27(37)31(40)34-19(2)29(22-10-8-21(9-11-22)20-6-7-20)43-25-12-13-26(33-16-25)30(39)35-24-5-4-14-36(17-24)32(41)23-15-28(38)42-18-23/h8-13,16,19-20,23-24,27,29,37H,3-7,14-15,17-18H2,1-2H3,(H,34,40)(H,35,39)/t19-,23+,24-,27-,29-/m0/s1. The fourth-order valence-corrected chi connectivity index (χ4v) is 5.63. The fourth-order valence-electron chi connectivity index (χ4n) is 5.63. The average Bonchev–Trinajstić information content (AvgIpc) is 3.79. The molecule has 5 rings (SSSR count). The minimum Gasteiger partial charge on any atom is -0.482 e. The summed E-state index contributed by atoms with van der Waals surface area (Å²) < 4.78 is 11.2. The lowest BCUT2D eigenvalue weighted by Gasteiger charge is -2.34. The lowest BCUT2D eigenvalue weighted by molar-refractivity contribution is -0.138. The molecule has 1 aromatic heterocycles. The molecule has 230 valence electrons. The third-order valence-electron chi connectivity index (χ3n) is 8.34. The molecular weight excluding hydrogens is 552 g/mol. The lowest BCUT2D eigenvalue weighted by atomic mass is 10.00. The van der Waals surface area contributed by atoms with Crippen LogP contribution < -0.4 is 15.4 Å². The molecule has 0 spiro atoms. The zero-order valence-corrected chi connectivity index (χ0v) is 24.7. The number of aliphatic hydroxyl groups is 1. The van der Waals surface area contributed by atoms with E-state index in [1.165, 1.54) is 24.6 Å². The van der Waals surface area contributed by atoms with Gasteiger partial charge in [0.15, 0.2) is 0 Å². The molecule has 3 amide bonds. The first kappa shape index (κ1) is 30.5. The Kier molecular flexibility index (Phi) is 9.59. The second kappa shape index (κ2) is 13.5. The molecule has 3 N–H and O–H groups in total. The van der Waals surface area contributed by atoms with Gasteiger partial charge in [-0.3, -0.25) is 19.2 Å². The number of ether oxygens (including phenoxy) is 2. The molecule has 3 heterocycles. The lowest BCUT2D eigenvalue weighted by Crippen LogP contribution is -2.51. The maximum absolute atomic E-state index is 13.0. The van der Waals surface area contributed by atoms with E-state index in [9.17, 15) is 24.3 Å². The van der Waals surface area contributed by atoms with Gasteiger partial charge in [0.1, 0.15) is 30.3 Å². The molecular formula is C32H40N4O7. The van der Waals surface area contributed by atoms with Crippen molar-refractivity contribution in [3.8, 4) is 5.75 Å². The van der Waals surface area contributed by atoms with E-state index in [2.05, 4.69) is 27.8 Å². The van der Waals surface area contributed by atoms with Crippen molar-refractivity contribution in [3.63, 3.8) is 0 Å². The van der Waals surface area contributed by atoms with Crippen LogP contribution in [0.25, 0.3) is 0 Å². The number of cyclic esters (lactones) is 1. The molecule has 0 unspecified atom stereocenters. The third kappa shape index (κ3) is 7.70. The van der Waals surface area contributed by atoms with E-state index in [1.54, 1.807) is 24.0 Å². The van der Waals surface area contributed by atoms with Crippen LogP contribution >= 0.6 is 0 Å². The number of aromatic nitrogens is 1. The Morgan fingerprint density at radius 2 is 1.91 bits per heavy atom. The van der Waals surface area contributed by atoms with Crippen LogP contribution in [0.5, 0.6) is 5.75 Å². The van der Waals surface area contributed by atoms with Crippen molar-refractivity contribution in [2.24, 2.45) is 5.92 Å². The van der Waals surface area contributed by atoms with Crippen LogP contribution in [0.4, 0.5) is 0 Å². The zero-order chi connectivity index (χ0) is 30.5. The van der Waals surface area contributed by atoms with Gasteiger partial charge in [-0.2, -0.15) is 0 Å². The number of nitrogens with zero attached hydrogens (tertiary/aromatic N) is 2. The van der Waals surface area contributed by atoms with Gasteiger partial charge >= 0.3 is 5.97 Å². The van der Waals surface area contributed by atoms with E-state index >= 15 is 0 Å². The highest BCUT2D eigenvalue weighted by Crippen LogP contribution is 2.40. The van der Waals surface area contributed by atoms with Crippen molar-refractivity contribution in [2.75, 3.05) is 19.7 Å². The number of pyridine rings is 1. The van der Waals surface area contributed by atoms with E-state index in [1.807, 2.05) is 19.1 Å². The van der Waals surface area contributed by atoms with Gasteiger partial charge in [-0.1, -0.05) is 31.2 Å². The molecule has 43 heavy (non-hydrogen) atoms. The Labute approximate surface area is 251 Å². The van der Waals surface area contributed by atoms with Gasteiger partial charge in [-0.25, -0.2) is 4.98 Å². The monoisotopic (exact) mass is 592 g/mol. The predicted molar refractivity (Wildman–Crippen MR) is 156 cm³/mol. The summed E-state index contributed by atoms with van der Waals surface area (Å²) in [7, 11) is 0. The first-order chi connectivity index (χ1) is 20.7. The fraction of sp³-hybridized carbons (Fsp3) is 0.531. The van der Waals surface area contributed by atoms with E-state index in [-0.39, 0.29) is 42.5 Å². The second-order valence-electron chi connectivity index (χ2n) is 11.8. The first-order valence-electron chi connectivity index (χ1n) is 15.2. The molecule has 11 heteroatoms. The molecule has 5 atom stereocenters. The Balaban J connectivity index is 1.21. The van der Waals surface area contributed by atoms with Gasteiger partial charge in [0.25, 0.3) is 5.91 Å². The quantitative estimate of drug-likeness (QED) is 0.338. The van der Waals surface area contributed by atoms with Crippen LogP contribution in [-0.2, 0) is 19.1 Å². The molecule has 0 radical (unpaired) electrons. The predicted octanol–water partition coefficient (Wildman–Crippen LogP) is 2.64. The van der Waals surface area contributed by atoms with E-state index in [4.69, 9.17) is 9.47 Å². The second-order valence-corrected chi connectivity index (χ2v) is 11.8. The number of aliphatic hydroxyl groups excluding tert-OH is 1. The van der Waals surface area contributed by atoms with Crippen molar-refractivity contribution >= 4 is 23.7 Å². The molecule has 3 fully saturated rings. The maximum atomic E-state index is 13.0. The number of piperidine rings is 1. The number of benzene rings is 1. The number of rotatable bonds is 11. The number of amides is 3. The van der Waals surface area contributed by atoms with Crippen LogP contribution in [0.2, 0.25) is 0 Å². The first-order valence-corrected chi connectivity index (χ1v) is 15.2. The van der Waals surface area contributed by atoms with E-state index in [0.29, 0.717) is 31.2 Å². The SMILES string of the molecule is CC[C@H](O)C(=O)N[C@@H](C)[C@H](Oc1ccc(C(=O)N[C@H]2CCCN(C(=O)[C@H]3COC(=O)C3)C2)nc1)c1ccc(C2CC2)cc1. The van der Waals surface area contributed by atoms with Gasteiger partial charge < -0.3 is 30.1 Å². The molecule has 3 aliphatic rings. The van der Waals surface area contributed by atoms with Crippen LogP contribution in [0.1, 0.15) is 86.0 Å². The highest BCUT2D eigenvalue weighted by Gasteiger charge is 2.35. The summed E-state index contributed by atoms with van der Waals surface area (Å²) in [5.41, 5.74) is 2.36. The average molecular weight is 593 g/mol. The van der Waals surface area contributed by atoms with E-state index in [0.717, 1.165) is 18.4 Å². The molecule has 1 saturated carbocycles. The number of carbonyl (C=O) groups is 4. The number of esters is 1. The molecule has 1 aliphatic carbocycles. The van der Waals surface area contributed by atoms with Crippen LogP contribution in [0.3, 0.4) is 0 Å². The molecule has 2 aliphatic heterocycles. The molecule has 2 aromatic rings. The van der Waals surface area contributed by atoms with Gasteiger partial charge in [-0.15, -0.1) is 0 Å².